The molecule has 2 heteroatoms. The molecule has 0 aromatic heterocycles. The van der Waals surface area contributed by atoms with Gasteiger partial charge in [-0.05, 0) is 30.7 Å². The lowest BCUT2D eigenvalue weighted by Gasteiger charge is -2.45. The van der Waals surface area contributed by atoms with Crippen molar-refractivity contribution in [3.63, 3.8) is 0 Å². The van der Waals surface area contributed by atoms with Crippen molar-refractivity contribution in [1.29, 1.82) is 0 Å². The van der Waals surface area contributed by atoms with Crippen molar-refractivity contribution in [1.82, 2.24) is 10.2 Å². The van der Waals surface area contributed by atoms with Gasteiger partial charge in [0, 0.05) is 31.2 Å². The van der Waals surface area contributed by atoms with E-state index in [9.17, 15) is 0 Å². The van der Waals surface area contributed by atoms with Crippen LogP contribution in [0.4, 0.5) is 0 Å². The van der Waals surface area contributed by atoms with E-state index < -0.39 is 0 Å². The molecule has 2 fully saturated rings. The Bertz CT molecular complexity index is 430. The highest BCUT2D eigenvalue weighted by Gasteiger charge is 2.37. The van der Waals surface area contributed by atoms with Crippen LogP contribution in [0.2, 0.25) is 0 Å². The van der Waals surface area contributed by atoms with Crippen LogP contribution >= 0.6 is 0 Å². The maximum Gasteiger partial charge on any atom is 0.0476 e. The van der Waals surface area contributed by atoms with Crippen LogP contribution in [-0.2, 0) is 0 Å². The molecule has 1 aromatic rings. The minimum Gasteiger partial charge on any atom is -0.311 e. The van der Waals surface area contributed by atoms with Gasteiger partial charge in [0.15, 0.2) is 0 Å². The number of piperazine rings is 1. The zero-order valence-electron chi connectivity index (χ0n) is 13.6. The Balaban J connectivity index is 1.80. The summed E-state index contributed by atoms with van der Waals surface area (Å²) < 4.78 is 0. The van der Waals surface area contributed by atoms with E-state index in [1.807, 2.05) is 0 Å². The summed E-state index contributed by atoms with van der Waals surface area (Å²) in [6, 6.07) is 13.1. The van der Waals surface area contributed by atoms with Crippen LogP contribution in [0.5, 0.6) is 0 Å². The number of nitrogens with zero attached hydrogens (tertiary/aromatic N) is 1. The molecule has 4 unspecified atom stereocenters. The fraction of sp³-hybridized carbons (Fsp3) is 0.684. The third-order valence-electron chi connectivity index (χ3n) is 5.50. The molecule has 1 aliphatic heterocycles. The summed E-state index contributed by atoms with van der Waals surface area (Å²) in [7, 11) is 0. The molecule has 0 spiro atoms. The Morgan fingerprint density at radius 3 is 2.67 bits per heavy atom. The Labute approximate surface area is 129 Å². The van der Waals surface area contributed by atoms with Gasteiger partial charge in [-0.1, -0.05) is 57.0 Å². The molecule has 1 N–H and O–H groups in total. The fourth-order valence-electron chi connectivity index (χ4n) is 4.35. The number of hydrogen-bond acceptors (Lipinski definition) is 2. The van der Waals surface area contributed by atoms with Gasteiger partial charge in [0.1, 0.15) is 0 Å². The zero-order valence-corrected chi connectivity index (χ0v) is 13.6. The van der Waals surface area contributed by atoms with Gasteiger partial charge in [0.25, 0.3) is 0 Å². The summed E-state index contributed by atoms with van der Waals surface area (Å²) in [5.41, 5.74) is 1.49. The topological polar surface area (TPSA) is 15.3 Å². The van der Waals surface area contributed by atoms with E-state index in [2.05, 4.69) is 54.4 Å². The average Bonchev–Trinajstić information content (AvgIpc) is 2.94. The zero-order chi connectivity index (χ0) is 14.7. The summed E-state index contributed by atoms with van der Waals surface area (Å²) in [4.78, 5) is 2.84. The van der Waals surface area contributed by atoms with E-state index in [1.165, 1.54) is 44.2 Å². The van der Waals surface area contributed by atoms with Crippen molar-refractivity contribution < 1.29 is 0 Å². The van der Waals surface area contributed by atoms with Gasteiger partial charge >= 0.3 is 0 Å². The van der Waals surface area contributed by atoms with Crippen LogP contribution in [-0.4, -0.2) is 30.1 Å². The quantitative estimate of drug-likeness (QED) is 0.900. The predicted octanol–water partition coefficient (Wildman–Crippen LogP) is 3.99. The number of nitrogens with one attached hydrogen (secondary N) is 1. The smallest absolute Gasteiger partial charge is 0.0476 e. The van der Waals surface area contributed by atoms with E-state index in [0.29, 0.717) is 12.1 Å². The molecule has 2 aliphatic rings. The minimum atomic E-state index is 0.560. The molecule has 0 bridgehead atoms. The van der Waals surface area contributed by atoms with Gasteiger partial charge < -0.3 is 5.32 Å². The monoisotopic (exact) mass is 286 g/mol. The van der Waals surface area contributed by atoms with Gasteiger partial charge in [0.05, 0.1) is 0 Å². The SMILES string of the molecule is CCCC1CN(C2CCCC2C)C(c2ccccc2)CN1. The lowest BCUT2D eigenvalue weighted by atomic mass is 9.94. The van der Waals surface area contributed by atoms with Crippen LogP contribution in [0.25, 0.3) is 0 Å². The molecular formula is C19H30N2. The van der Waals surface area contributed by atoms with E-state index in [0.717, 1.165) is 18.5 Å². The second-order valence-electron chi connectivity index (χ2n) is 6.99. The maximum atomic E-state index is 3.80. The van der Waals surface area contributed by atoms with E-state index >= 15 is 0 Å². The first-order chi connectivity index (χ1) is 10.3. The Hall–Kier alpha value is -0.860. The Morgan fingerprint density at radius 1 is 1.19 bits per heavy atom. The van der Waals surface area contributed by atoms with Gasteiger partial charge in [-0.25, -0.2) is 0 Å². The number of rotatable bonds is 4. The van der Waals surface area contributed by atoms with Crippen molar-refractivity contribution in [3.05, 3.63) is 35.9 Å². The third-order valence-corrected chi connectivity index (χ3v) is 5.50. The van der Waals surface area contributed by atoms with E-state index in [4.69, 9.17) is 0 Å². The first-order valence-corrected chi connectivity index (χ1v) is 8.83. The highest BCUT2D eigenvalue weighted by Crippen LogP contribution is 2.36. The van der Waals surface area contributed by atoms with Crippen molar-refractivity contribution in [2.75, 3.05) is 13.1 Å². The van der Waals surface area contributed by atoms with Crippen LogP contribution < -0.4 is 5.32 Å². The molecule has 1 heterocycles. The summed E-state index contributed by atoms with van der Waals surface area (Å²) in [5, 5.41) is 3.80. The molecule has 3 rings (SSSR count). The number of benzene rings is 1. The first-order valence-electron chi connectivity index (χ1n) is 8.83. The predicted molar refractivity (Wildman–Crippen MR) is 89.4 cm³/mol. The average molecular weight is 286 g/mol. The molecule has 1 saturated carbocycles. The second-order valence-corrected chi connectivity index (χ2v) is 6.99. The molecule has 2 nitrogen and oxygen atoms in total. The summed E-state index contributed by atoms with van der Waals surface area (Å²) in [6.45, 7) is 7.09. The molecule has 21 heavy (non-hydrogen) atoms. The largest absolute Gasteiger partial charge is 0.311 e. The van der Waals surface area contributed by atoms with E-state index in [-0.39, 0.29) is 0 Å². The minimum absolute atomic E-state index is 0.560. The van der Waals surface area contributed by atoms with Gasteiger partial charge in [0.2, 0.25) is 0 Å². The van der Waals surface area contributed by atoms with Crippen LogP contribution in [0.1, 0.15) is 57.6 Å². The molecular weight excluding hydrogens is 256 g/mol. The molecule has 1 aliphatic carbocycles. The Morgan fingerprint density at radius 2 is 2.00 bits per heavy atom. The highest BCUT2D eigenvalue weighted by molar-refractivity contribution is 5.21. The number of hydrogen-bond donors (Lipinski definition) is 1. The maximum absolute atomic E-state index is 3.80. The lowest BCUT2D eigenvalue weighted by Crippen LogP contribution is -2.56. The van der Waals surface area contributed by atoms with Gasteiger partial charge in [-0.15, -0.1) is 0 Å². The van der Waals surface area contributed by atoms with Gasteiger partial charge in [-0.2, -0.15) is 0 Å². The van der Waals surface area contributed by atoms with Crippen molar-refractivity contribution in [3.8, 4) is 0 Å². The molecule has 0 amide bonds. The molecule has 1 saturated heterocycles. The summed E-state index contributed by atoms with van der Waals surface area (Å²) >= 11 is 0. The Kier molecular flexibility index (Phi) is 4.97. The molecule has 0 radical (unpaired) electrons. The summed E-state index contributed by atoms with van der Waals surface area (Å²) in [5.74, 6) is 0.858. The fourth-order valence-corrected chi connectivity index (χ4v) is 4.35. The molecule has 1 aromatic carbocycles. The first kappa shape index (κ1) is 15.1. The summed E-state index contributed by atoms with van der Waals surface area (Å²) in [6.07, 6.45) is 6.80. The molecule has 116 valence electrons. The normalized spacial score (nSPS) is 34.2. The standard InChI is InChI=1S/C19H30N2/c1-3-8-17-14-21(18-12-7-9-15(18)2)19(13-20-17)16-10-5-4-6-11-16/h4-6,10-11,15,17-20H,3,7-9,12-14H2,1-2H3. The van der Waals surface area contributed by atoms with E-state index in [1.54, 1.807) is 0 Å². The van der Waals surface area contributed by atoms with Crippen LogP contribution in [0, 0.1) is 5.92 Å². The van der Waals surface area contributed by atoms with Crippen LogP contribution in [0.15, 0.2) is 30.3 Å². The van der Waals surface area contributed by atoms with Gasteiger partial charge in [-0.3, -0.25) is 4.90 Å². The van der Waals surface area contributed by atoms with Crippen molar-refractivity contribution >= 4 is 0 Å². The second kappa shape index (κ2) is 6.93. The highest BCUT2D eigenvalue weighted by atomic mass is 15.3. The third kappa shape index (κ3) is 3.32. The van der Waals surface area contributed by atoms with Crippen molar-refractivity contribution in [2.45, 2.75) is 64.1 Å². The molecule has 4 atom stereocenters. The van der Waals surface area contributed by atoms with Crippen LogP contribution in [0.3, 0.4) is 0 Å². The lowest BCUT2D eigenvalue weighted by molar-refractivity contribution is 0.0627. The van der Waals surface area contributed by atoms with Crippen molar-refractivity contribution in [2.24, 2.45) is 5.92 Å².